The average Bonchev–Trinajstić information content (AvgIpc) is 2.91. The van der Waals surface area contributed by atoms with Crippen LogP contribution in [0.1, 0.15) is 43.9 Å². The second-order valence-electron chi connectivity index (χ2n) is 9.76. The van der Waals surface area contributed by atoms with Gasteiger partial charge in [0.25, 0.3) is 10.0 Å². The summed E-state index contributed by atoms with van der Waals surface area (Å²) in [5.41, 5.74) is 2.81. The third kappa shape index (κ3) is 7.70. The Bertz CT molecular complexity index is 1410. The Morgan fingerprint density at radius 1 is 0.949 bits per heavy atom. The summed E-state index contributed by atoms with van der Waals surface area (Å²) >= 11 is 3.46. The van der Waals surface area contributed by atoms with Crippen LogP contribution in [0, 0.1) is 13.8 Å². The number of carbonyl (C=O) groups is 2. The van der Waals surface area contributed by atoms with Gasteiger partial charge >= 0.3 is 0 Å². The van der Waals surface area contributed by atoms with Gasteiger partial charge in [0.15, 0.2) is 0 Å². The number of nitrogens with zero attached hydrogens (tertiary/aromatic N) is 2. The molecule has 3 aromatic carbocycles. The zero-order chi connectivity index (χ0) is 28.7. The normalized spacial score (nSPS) is 12.9. The Hall–Kier alpha value is -3.17. The van der Waals surface area contributed by atoms with Gasteiger partial charge < -0.3 is 10.2 Å². The molecular weight excluding hydrogens is 578 g/mol. The van der Waals surface area contributed by atoms with Crippen LogP contribution in [0.2, 0.25) is 0 Å². The first kappa shape index (κ1) is 30.4. The fourth-order valence-electron chi connectivity index (χ4n) is 4.10. The number of aryl methyl sites for hydroxylation is 2. The van der Waals surface area contributed by atoms with E-state index in [1.165, 1.54) is 17.0 Å². The van der Waals surface area contributed by atoms with Gasteiger partial charge in [-0.25, -0.2) is 8.42 Å². The summed E-state index contributed by atoms with van der Waals surface area (Å²) in [6.45, 7) is 8.90. The first-order chi connectivity index (χ1) is 18.4. The highest BCUT2D eigenvalue weighted by atomic mass is 79.9. The van der Waals surface area contributed by atoms with Gasteiger partial charge in [0.1, 0.15) is 12.6 Å². The minimum absolute atomic E-state index is 0.0623. The topological polar surface area (TPSA) is 86.8 Å². The molecule has 1 N–H and O–H groups in total. The molecule has 2 amide bonds. The number of sulfonamides is 1. The Labute approximate surface area is 240 Å². The van der Waals surface area contributed by atoms with Crippen LogP contribution in [-0.4, -0.2) is 43.8 Å². The monoisotopic (exact) mass is 613 g/mol. The molecule has 0 aliphatic carbocycles. The Morgan fingerprint density at radius 3 is 2.28 bits per heavy atom. The molecular formula is C30H36BrN3O4S. The molecule has 7 nitrogen and oxygen atoms in total. The molecule has 0 spiro atoms. The predicted octanol–water partition coefficient (Wildman–Crippen LogP) is 5.59. The summed E-state index contributed by atoms with van der Waals surface area (Å²) in [4.78, 5) is 28.7. The first-order valence-corrected chi connectivity index (χ1v) is 15.2. The number of benzene rings is 3. The van der Waals surface area contributed by atoms with Gasteiger partial charge in [-0.2, -0.15) is 0 Å². The maximum atomic E-state index is 14.0. The van der Waals surface area contributed by atoms with Crippen LogP contribution in [0.15, 0.2) is 82.2 Å². The van der Waals surface area contributed by atoms with Crippen LogP contribution in [-0.2, 0) is 26.2 Å². The number of hydrogen-bond donors (Lipinski definition) is 1. The molecule has 0 aromatic heterocycles. The van der Waals surface area contributed by atoms with Crippen molar-refractivity contribution in [2.45, 2.75) is 64.6 Å². The van der Waals surface area contributed by atoms with E-state index in [-0.39, 0.29) is 23.4 Å². The smallest absolute Gasteiger partial charge is 0.264 e. The molecule has 0 aliphatic rings. The average molecular weight is 615 g/mol. The molecule has 2 atom stereocenters. The van der Waals surface area contributed by atoms with Gasteiger partial charge in [0.05, 0.1) is 10.6 Å². The van der Waals surface area contributed by atoms with Crippen molar-refractivity contribution in [2.24, 2.45) is 0 Å². The lowest BCUT2D eigenvalue weighted by Gasteiger charge is -2.33. The highest BCUT2D eigenvalue weighted by Gasteiger charge is 2.33. The highest BCUT2D eigenvalue weighted by Crippen LogP contribution is 2.28. The lowest BCUT2D eigenvalue weighted by atomic mass is 10.1. The molecule has 0 aliphatic heterocycles. The van der Waals surface area contributed by atoms with Crippen LogP contribution in [0.3, 0.4) is 0 Å². The summed E-state index contributed by atoms with van der Waals surface area (Å²) in [6.07, 6.45) is 0.744. The summed E-state index contributed by atoms with van der Waals surface area (Å²) in [7, 11) is -4.09. The molecule has 0 heterocycles. The molecule has 0 saturated heterocycles. The molecule has 0 fully saturated rings. The number of carbonyl (C=O) groups excluding carboxylic acids is 2. The van der Waals surface area contributed by atoms with E-state index in [1.54, 1.807) is 31.2 Å². The zero-order valence-corrected chi connectivity index (χ0v) is 25.4. The second-order valence-corrected chi connectivity index (χ2v) is 12.5. The molecule has 3 aromatic rings. The number of amides is 2. The lowest BCUT2D eigenvalue weighted by molar-refractivity contribution is -0.139. The molecule has 3 rings (SSSR count). The maximum Gasteiger partial charge on any atom is 0.264 e. The van der Waals surface area contributed by atoms with Crippen molar-refractivity contribution < 1.29 is 18.0 Å². The van der Waals surface area contributed by atoms with E-state index in [1.807, 2.05) is 64.1 Å². The third-order valence-electron chi connectivity index (χ3n) is 6.65. The summed E-state index contributed by atoms with van der Waals surface area (Å²) in [5.74, 6) is -0.779. The maximum absolute atomic E-state index is 14.0. The predicted molar refractivity (Wildman–Crippen MR) is 159 cm³/mol. The van der Waals surface area contributed by atoms with Crippen LogP contribution in [0.5, 0.6) is 0 Å². The lowest BCUT2D eigenvalue weighted by Crippen LogP contribution is -2.52. The number of anilines is 1. The zero-order valence-electron chi connectivity index (χ0n) is 23.0. The highest BCUT2D eigenvalue weighted by molar-refractivity contribution is 9.10. The Morgan fingerprint density at radius 2 is 1.64 bits per heavy atom. The first-order valence-electron chi connectivity index (χ1n) is 12.9. The molecule has 0 bridgehead atoms. The fourth-order valence-corrected chi connectivity index (χ4v) is 6.04. The van der Waals surface area contributed by atoms with Gasteiger partial charge in [-0.05, 0) is 81.1 Å². The van der Waals surface area contributed by atoms with Gasteiger partial charge in [-0.1, -0.05) is 65.3 Å². The number of hydrogen-bond acceptors (Lipinski definition) is 4. The van der Waals surface area contributed by atoms with Crippen LogP contribution in [0.25, 0.3) is 0 Å². The minimum Gasteiger partial charge on any atom is -0.352 e. The Balaban J connectivity index is 2.06. The van der Waals surface area contributed by atoms with Crippen molar-refractivity contribution in [1.82, 2.24) is 10.2 Å². The minimum atomic E-state index is -4.09. The van der Waals surface area contributed by atoms with E-state index >= 15 is 0 Å². The van der Waals surface area contributed by atoms with Crippen molar-refractivity contribution in [2.75, 3.05) is 10.8 Å². The van der Waals surface area contributed by atoms with Crippen LogP contribution < -0.4 is 9.62 Å². The molecule has 9 heteroatoms. The summed E-state index contributed by atoms with van der Waals surface area (Å²) in [5, 5.41) is 2.95. The van der Waals surface area contributed by atoms with Crippen molar-refractivity contribution in [1.29, 1.82) is 0 Å². The third-order valence-corrected chi connectivity index (χ3v) is 8.92. The molecule has 39 heavy (non-hydrogen) atoms. The quantitative estimate of drug-likeness (QED) is 0.305. The van der Waals surface area contributed by atoms with Crippen molar-refractivity contribution in [3.05, 3.63) is 94.0 Å². The van der Waals surface area contributed by atoms with E-state index in [9.17, 15) is 18.0 Å². The van der Waals surface area contributed by atoms with Crippen molar-refractivity contribution >= 4 is 43.5 Å². The van der Waals surface area contributed by atoms with Crippen molar-refractivity contribution in [3.63, 3.8) is 0 Å². The molecule has 0 radical (unpaired) electrons. The fraction of sp³-hybridized carbons (Fsp3) is 0.333. The van der Waals surface area contributed by atoms with E-state index in [4.69, 9.17) is 0 Å². The summed E-state index contributed by atoms with van der Waals surface area (Å²) in [6, 6.07) is 20.2. The molecule has 0 saturated carbocycles. The van der Waals surface area contributed by atoms with Gasteiger partial charge in [-0.3, -0.25) is 13.9 Å². The number of rotatable bonds is 11. The molecule has 208 valence electrons. The number of nitrogens with one attached hydrogen (secondary N) is 1. The van der Waals surface area contributed by atoms with Crippen LogP contribution in [0.4, 0.5) is 5.69 Å². The van der Waals surface area contributed by atoms with E-state index in [2.05, 4.69) is 21.2 Å². The largest absolute Gasteiger partial charge is 0.352 e. The van der Waals surface area contributed by atoms with Gasteiger partial charge in [-0.15, -0.1) is 0 Å². The van der Waals surface area contributed by atoms with Gasteiger partial charge in [0.2, 0.25) is 11.8 Å². The van der Waals surface area contributed by atoms with E-state index in [0.29, 0.717) is 11.3 Å². The van der Waals surface area contributed by atoms with Crippen LogP contribution >= 0.6 is 15.9 Å². The standard InChI is InChI=1S/C30H36BrN3O4S/c1-6-23(4)32-30(36)24(5)33(19-25-11-10-12-26(31)18-25)29(35)20-34(28-17-21(2)15-16-22(28)3)39(37,38)27-13-8-7-9-14-27/h7-18,23-24H,6,19-20H2,1-5H3,(H,32,36)/t23-,24-/m0/s1. The SMILES string of the molecule is CC[C@H](C)NC(=O)[C@H](C)N(Cc1cccc(Br)c1)C(=O)CN(c1cc(C)ccc1C)S(=O)(=O)c1ccccc1. The van der Waals surface area contributed by atoms with Crippen molar-refractivity contribution in [3.8, 4) is 0 Å². The van der Waals surface area contributed by atoms with E-state index < -0.39 is 28.5 Å². The van der Waals surface area contributed by atoms with Gasteiger partial charge in [0, 0.05) is 17.1 Å². The summed E-state index contributed by atoms with van der Waals surface area (Å²) < 4.78 is 29.8. The second kappa shape index (κ2) is 13.3. The Kier molecular flexibility index (Phi) is 10.3. The molecule has 0 unspecified atom stereocenters. The van der Waals surface area contributed by atoms with E-state index in [0.717, 1.165) is 26.3 Å². The number of halogens is 1.